The summed E-state index contributed by atoms with van der Waals surface area (Å²) in [7, 11) is 1.71. The second kappa shape index (κ2) is 6.36. The maximum Gasteiger partial charge on any atom is 0.254 e. The van der Waals surface area contributed by atoms with E-state index in [1.54, 1.807) is 31.6 Å². The van der Waals surface area contributed by atoms with E-state index in [1.165, 1.54) is 18.4 Å². The maximum atomic E-state index is 12.9. The normalized spacial score (nSPS) is 20.0. The number of hydrogen-bond donors (Lipinski definition) is 0. The molecule has 2 aromatic heterocycles. The Labute approximate surface area is 141 Å². The lowest BCUT2D eigenvalue weighted by Crippen LogP contribution is -2.40. The Morgan fingerprint density at radius 3 is 2.83 bits per heavy atom. The zero-order chi connectivity index (χ0) is 16.5. The molecule has 6 nitrogen and oxygen atoms in total. The van der Waals surface area contributed by atoms with E-state index in [2.05, 4.69) is 14.8 Å². The second-order valence-electron chi connectivity index (χ2n) is 6.75. The number of hydrogen-bond acceptors (Lipinski definition) is 4. The smallest absolute Gasteiger partial charge is 0.254 e. The lowest BCUT2D eigenvalue weighted by atomic mass is 9.95. The highest BCUT2D eigenvalue weighted by molar-refractivity contribution is 5.94. The van der Waals surface area contributed by atoms with Crippen LogP contribution in [0.15, 0.2) is 30.7 Å². The Morgan fingerprint density at radius 2 is 2.12 bits per heavy atom. The summed E-state index contributed by atoms with van der Waals surface area (Å²) in [5.41, 5.74) is 3.08. The molecule has 1 aliphatic heterocycles. The van der Waals surface area contributed by atoms with Crippen molar-refractivity contribution >= 4 is 5.91 Å². The molecule has 2 aliphatic rings. The summed E-state index contributed by atoms with van der Waals surface area (Å²) < 4.78 is 7.49. The first-order chi connectivity index (χ1) is 11.8. The fourth-order valence-electron chi connectivity index (χ4n) is 3.43. The minimum atomic E-state index is 0.0447. The molecule has 6 heteroatoms. The summed E-state index contributed by atoms with van der Waals surface area (Å²) in [5.74, 6) is 0.974. The minimum Gasteiger partial charge on any atom is -0.384 e. The topological polar surface area (TPSA) is 60.2 Å². The molecule has 1 atom stereocenters. The number of pyridine rings is 1. The molecule has 0 unspecified atom stereocenters. The summed E-state index contributed by atoms with van der Waals surface area (Å²) in [5, 5.41) is 4.59. The summed E-state index contributed by atoms with van der Waals surface area (Å²) in [6.45, 7) is 2.84. The Hall–Kier alpha value is -2.21. The third-order valence-corrected chi connectivity index (χ3v) is 4.91. The minimum absolute atomic E-state index is 0.0447. The van der Waals surface area contributed by atoms with Gasteiger partial charge in [0.25, 0.3) is 5.91 Å². The fraction of sp³-hybridized carbons (Fsp3) is 0.500. The van der Waals surface area contributed by atoms with E-state index in [-0.39, 0.29) is 11.8 Å². The van der Waals surface area contributed by atoms with Crippen molar-refractivity contribution in [2.24, 2.45) is 5.92 Å². The van der Waals surface area contributed by atoms with E-state index in [1.807, 2.05) is 11.1 Å². The van der Waals surface area contributed by atoms with Crippen molar-refractivity contribution in [2.45, 2.75) is 31.8 Å². The highest BCUT2D eigenvalue weighted by atomic mass is 16.5. The van der Waals surface area contributed by atoms with Gasteiger partial charge in [-0.15, -0.1) is 0 Å². The Balaban J connectivity index is 1.62. The van der Waals surface area contributed by atoms with Crippen molar-refractivity contribution in [3.63, 3.8) is 0 Å². The number of carbonyl (C=O) groups excluding carboxylic acids is 1. The van der Waals surface area contributed by atoms with E-state index in [4.69, 9.17) is 4.74 Å². The number of methoxy groups -OCH3 is 1. The molecule has 126 valence electrons. The van der Waals surface area contributed by atoms with Gasteiger partial charge in [0.15, 0.2) is 0 Å². The van der Waals surface area contributed by atoms with Gasteiger partial charge in [-0.2, -0.15) is 5.10 Å². The van der Waals surface area contributed by atoms with E-state index in [9.17, 15) is 4.79 Å². The van der Waals surface area contributed by atoms with Crippen LogP contribution in [0.25, 0.3) is 0 Å². The van der Waals surface area contributed by atoms with Gasteiger partial charge in [0, 0.05) is 49.6 Å². The molecule has 1 aliphatic carbocycles. The van der Waals surface area contributed by atoms with Crippen LogP contribution in [0.2, 0.25) is 0 Å². The van der Waals surface area contributed by atoms with Gasteiger partial charge in [-0.1, -0.05) is 0 Å². The highest BCUT2D eigenvalue weighted by Gasteiger charge is 2.33. The quantitative estimate of drug-likeness (QED) is 0.844. The average molecular weight is 326 g/mol. The van der Waals surface area contributed by atoms with E-state index < -0.39 is 0 Å². The Bertz CT molecular complexity index is 724. The third-order valence-electron chi connectivity index (χ3n) is 4.91. The molecule has 0 N–H and O–H groups in total. The van der Waals surface area contributed by atoms with E-state index in [0.717, 1.165) is 18.2 Å². The number of carbonyl (C=O) groups is 1. The average Bonchev–Trinajstić information content (AvgIpc) is 3.34. The summed E-state index contributed by atoms with van der Waals surface area (Å²) in [6.07, 6.45) is 7.86. The maximum absolute atomic E-state index is 12.9. The largest absolute Gasteiger partial charge is 0.384 e. The molecule has 0 radical (unpaired) electrons. The van der Waals surface area contributed by atoms with Gasteiger partial charge in [-0.3, -0.25) is 14.5 Å². The highest BCUT2D eigenvalue weighted by Crippen LogP contribution is 2.34. The van der Waals surface area contributed by atoms with Gasteiger partial charge < -0.3 is 9.64 Å². The number of aromatic nitrogens is 3. The van der Waals surface area contributed by atoms with E-state index in [0.29, 0.717) is 25.3 Å². The molecule has 4 rings (SSSR count). The standard InChI is InChI=1S/C18H22N4O2/c1-24-12-15-10-21(18(23)14-4-6-19-7-5-14)11-17-16(15)8-20-22(17)9-13-2-3-13/h4-8,13,15H,2-3,9-12H2,1H3/t15-/m1/s1. The molecule has 2 aromatic rings. The van der Waals surface area contributed by atoms with Crippen LogP contribution >= 0.6 is 0 Å². The molecular formula is C18H22N4O2. The molecule has 1 amide bonds. The molecule has 0 bridgehead atoms. The van der Waals surface area contributed by atoms with Crippen molar-refractivity contribution in [2.75, 3.05) is 20.3 Å². The molecule has 0 spiro atoms. The summed E-state index contributed by atoms with van der Waals surface area (Å²) in [4.78, 5) is 18.8. The van der Waals surface area contributed by atoms with Gasteiger partial charge in [0.2, 0.25) is 0 Å². The Kier molecular flexibility index (Phi) is 4.06. The van der Waals surface area contributed by atoms with Crippen molar-refractivity contribution in [3.05, 3.63) is 47.5 Å². The van der Waals surface area contributed by atoms with Crippen LogP contribution in [-0.4, -0.2) is 45.8 Å². The Morgan fingerprint density at radius 1 is 1.33 bits per heavy atom. The number of amides is 1. The third kappa shape index (κ3) is 2.94. The van der Waals surface area contributed by atoms with Crippen molar-refractivity contribution in [3.8, 4) is 0 Å². The molecule has 0 saturated heterocycles. The summed E-state index contributed by atoms with van der Waals surface area (Å²) in [6, 6.07) is 3.54. The molecule has 1 fully saturated rings. The van der Waals surface area contributed by atoms with Crippen LogP contribution in [0.1, 0.15) is 40.4 Å². The van der Waals surface area contributed by atoms with Gasteiger partial charge in [0.05, 0.1) is 25.0 Å². The van der Waals surface area contributed by atoms with Crippen LogP contribution in [-0.2, 0) is 17.8 Å². The predicted molar refractivity (Wildman–Crippen MR) is 88.5 cm³/mol. The van der Waals surface area contributed by atoms with Crippen molar-refractivity contribution in [1.82, 2.24) is 19.7 Å². The van der Waals surface area contributed by atoms with Crippen LogP contribution in [0.3, 0.4) is 0 Å². The van der Waals surface area contributed by atoms with Crippen LogP contribution in [0.5, 0.6) is 0 Å². The molecule has 0 aromatic carbocycles. The van der Waals surface area contributed by atoms with E-state index >= 15 is 0 Å². The monoisotopic (exact) mass is 326 g/mol. The molecule has 24 heavy (non-hydrogen) atoms. The first kappa shape index (κ1) is 15.3. The number of nitrogens with zero attached hydrogens (tertiary/aromatic N) is 4. The first-order valence-electron chi connectivity index (χ1n) is 8.49. The first-order valence-corrected chi connectivity index (χ1v) is 8.49. The van der Waals surface area contributed by atoms with Gasteiger partial charge in [0.1, 0.15) is 0 Å². The van der Waals surface area contributed by atoms with Gasteiger partial charge in [-0.05, 0) is 30.9 Å². The lowest BCUT2D eigenvalue weighted by Gasteiger charge is -2.33. The zero-order valence-electron chi connectivity index (χ0n) is 13.9. The molecule has 1 saturated carbocycles. The van der Waals surface area contributed by atoms with Gasteiger partial charge in [-0.25, -0.2) is 0 Å². The SMILES string of the molecule is COC[C@H]1CN(C(=O)c2ccncc2)Cc2c1cnn2CC1CC1. The van der Waals surface area contributed by atoms with Crippen LogP contribution in [0, 0.1) is 5.92 Å². The number of rotatable bonds is 5. The van der Waals surface area contributed by atoms with Crippen LogP contribution in [0.4, 0.5) is 0 Å². The number of fused-ring (bicyclic) bond motifs is 1. The fourth-order valence-corrected chi connectivity index (χ4v) is 3.43. The molecular weight excluding hydrogens is 304 g/mol. The summed E-state index contributed by atoms with van der Waals surface area (Å²) >= 11 is 0. The van der Waals surface area contributed by atoms with Crippen LogP contribution < -0.4 is 0 Å². The van der Waals surface area contributed by atoms with Crippen molar-refractivity contribution in [1.29, 1.82) is 0 Å². The predicted octanol–water partition coefficient (Wildman–Crippen LogP) is 2.07. The second-order valence-corrected chi connectivity index (χ2v) is 6.75. The van der Waals surface area contributed by atoms with Crippen molar-refractivity contribution < 1.29 is 9.53 Å². The molecule has 3 heterocycles. The van der Waals surface area contributed by atoms with Gasteiger partial charge >= 0.3 is 0 Å². The zero-order valence-corrected chi connectivity index (χ0v) is 13.9. The lowest BCUT2D eigenvalue weighted by molar-refractivity contribution is 0.0674. The number of ether oxygens (including phenoxy) is 1.